The largest absolute Gasteiger partial charge is 0.0876 e. The van der Waals surface area contributed by atoms with Gasteiger partial charge < -0.3 is 0 Å². The molecular formula is C8H7Br2N3. The first-order valence-electron chi connectivity index (χ1n) is 3.61. The maximum atomic E-state index is 8.39. The number of alkyl halides is 2. The molecule has 5 heteroatoms. The van der Waals surface area contributed by atoms with Crippen molar-refractivity contribution < 1.29 is 0 Å². The van der Waals surface area contributed by atoms with Crippen molar-refractivity contribution in [1.82, 2.24) is 0 Å². The van der Waals surface area contributed by atoms with E-state index in [1.54, 1.807) is 0 Å². The first-order chi connectivity index (χ1) is 6.33. The first-order valence-corrected chi connectivity index (χ1v) is 5.85. The smallest absolute Gasteiger partial charge is 0.0456 e. The molecule has 3 nitrogen and oxygen atoms in total. The van der Waals surface area contributed by atoms with Crippen LogP contribution in [-0.2, 0) is 10.7 Å². The fourth-order valence-corrected chi connectivity index (χ4v) is 1.94. The van der Waals surface area contributed by atoms with E-state index in [-0.39, 0.29) is 0 Å². The van der Waals surface area contributed by atoms with Crippen LogP contribution < -0.4 is 0 Å². The zero-order valence-corrected chi connectivity index (χ0v) is 9.92. The molecule has 1 aromatic carbocycles. The minimum absolute atomic E-state index is 0.697. The van der Waals surface area contributed by atoms with Crippen molar-refractivity contribution in [3.63, 3.8) is 0 Å². The second-order valence-electron chi connectivity index (χ2n) is 2.38. The molecule has 0 bridgehead atoms. The number of rotatable bonds is 3. The quantitative estimate of drug-likeness (QED) is 0.343. The number of hydrogen-bond donors (Lipinski definition) is 0. The maximum Gasteiger partial charge on any atom is 0.0456 e. The van der Waals surface area contributed by atoms with Gasteiger partial charge >= 0.3 is 0 Å². The molecule has 0 N–H and O–H groups in total. The first kappa shape index (κ1) is 10.6. The fraction of sp³-hybridized carbons (Fsp3) is 0.250. The Hall–Kier alpha value is -0.510. The van der Waals surface area contributed by atoms with Crippen LogP contribution in [0.5, 0.6) is 0 Å². The van der Waals surface area contributed by atoms with Crippen LogP contribution in [0.4, 0.5) is 5.69 Å². The highest BCUT2D eigenvalue weighted by molar-refractivity contribution is 9.08. The maximum absolute atomic E-state index is 8.39. The Bertz CT molecular complexity index is 323. The van der Waals surface area contributed by atoms with E-state index in [1.807, 2.05) is 18.2 Å². The molecule has 0 saturated heterocycles. The van der Waals surface area contributed by atoms with Gasteiger partial charge in [0.15, 0.2) is 0 Å². The lowest BCUT2D eigenvalue weighted by Crippen LogP contribution is -1.84. The molecule has 0 aliphatic rings. The number of benzene rings is 1. The summed E-state index contributed by atoms with van der Waals surface area (Å²) in [5, 5.41) is 5.06. The lowest BCUT2D eigenvalue weighted by molar-refractivity contribution is 1.29. The summed E-state index contributed by atoms with van der Waals surface area (Å²) in [6.45, 7) is 0. The van der Waals surface area contributed by atoms with E-state index >= 15 is 0 Å². The van der Waals surface area contributed by atoms with Gasteiger partial charge in [0.25, 0.3) is 0 Å². The minimum Gasteiger partial charge on any atom is -0.0876 e. The van der Waals surface area contributed by atoms with E-state index in [9.17, 15) is 0 Å². The average molecular weight is 305 g/mol. The van der Waals surface area contributed by atoms with Crippen LogP contribution >= 0.6 is 31.9 Å². The molecule has 68 valence electrons. The van der Waals surface area contributed by atoms with Crippen molar-refractivity contribution in [1.29, 1.82) is 0 Å². The monoisotopic (exact) mass is 303 g/mol. The Labute approximate surface area is 93.0 Å². The highest BCUT2D eigenvalue weighted by Gasteiger charge is 2.03. The summed E-state index contributed by atoms with van der Waals surface area (Å²) in [6.07, 6.45) is 0. The van der Waals surface area contributed by atoms with Crippen LogP contribution in [0.25, 0.3) is 10.4 Å². The number of nitrogens with zero attached hydrogens (tertiary/aromatic N) is 3. The van der Waals surface area contributed by atoms with Crippen molar-refractivity contribution >= 4 is 37.5 Å². The van der Waals surface area contributed by atoms with Crippen molar-refractivity contribution in [3.05, 3.63) is 39.8 Å². The summed E-state index contributed by atoms with van der Waals surface area (Å²) in [7, 11) is 0. The topological polar surface area (TPSA) is 48.8 Å². The molecule has 0 aromatic heterocycles. The molecule has 0 heterocycles. The third kappa shape index (κ3) is 2.46. The van der Waals surface area contributed by atoms with E-state index in [1.165, 1.54) is 0 Å². The molecule has 0 amide bonds. The summed E-state index contributed by atoms with van der Waals surface area (Å²) in [5.41, 5.74) is 11.1. The summed E-state index contributed by atoms with van der Waals surface area (Å²) in [5.74, 6) is 0. The molecule has 0 atom stereocenters. The lowest BCUT2D eigenvalue weighted by Gasteiger charge is -2.05. The van der Waals surface area contributed by atoms with Gasteiger partial charge in [-0.1, -0.05) is 55.2 Å². The number of hydrogen-bond acceptors (Lipinski definition) is 1. The van der Waals surface area contributed by atoms with Crippen LogP contribution in [-0.4, -0.2) is 0 Å². The fourth-order valence-electron chi connectivity index (χ4n) is 1.03. The zero-order chi connectivity index (χ0) is 9.68. The Morgan fingerprint density at radius 2 is 1.77 bits per heavy atom. The van der Waals surface area contributed by atoms with Crippen LogP contribution in [0, 0.1) is 0 Å². The van der Waals surface area contributed by atoms with Gasteiger partial charge in [0.1, 0.15) is 0 Å². The third-order valence-corrected chi connectivity index (χ3v) is 2.84. The van der Waals surface area contributed by atoms with Gasteiger partial charge in [-0.3, -0.25) is 0 Å². The molecule has 0 fully saturated rings. The van der Waals surface area contributed by atoms with E-state index in [0.29, 0.717) is 10.7 Å². The van der Waals surface area contributed by atoms with Gasteiger partial charge in [0.05, 0.1) is 0 Å². The highest BCUT2D eigenvalue weighted by Crippen LogP contribution is 2.28. The number of halogens is 2. The molecule has 0 saturated carbocycles. The van der Waals surface area contributed by atoms with E-state index < -0.39 is 0 Å². The van der Waals surface area contributed by atoms with Gasteiger partial charge in [0, 0.05) is 21.3 Å². The third-order valence-electron chi connectivity index (χ3n) is 1.64. The standard InChI is InChI=1S/C8H7Br2N3/c9-4-6-2-1-3-7(5-10)8(6)12-13-11/h1-3H,4-5H2. The Kier molecular flexibility index (Phi) is 4.28. The van der Waals surface area contributed by atoms with Gasteiger partial charge in [-0.2, -0.15) is 0 Å². The summed E-state index contributed by atoms with van der Waals surface area (Å²) < 4.78 is 0. The van der Waals surface area contributed by atoms with Crippen LogP contribution in [0.1, 0.15) is 11.1 Å². The van der Waals surface area contributed by atoms with Gasteiger partial charge in [-0.15, -0.1) is 0 Å². The van der Waals surface area contributed by atoms with E-state index in [0.717, 1.165) is 16.8 Å². The molecular weight excluding hydrogens is 298 g/mol. The Morgan fingerprint density at radius 3 is 2.15 bits per heavy atom. The van der Waals surface area contributed by atoms with Crippen molar-refractivity contribution in [3.8, 4) is 0 Å². The van der Waals surface area contributed by atoms with E-state index in [2.05, 4.69) is 41.9 Å². The molecule has 1 rings (SSSR count). The highest BCUT2D eigenvalue weighted by atomic mass is 79.9. The lowest BCUT2D eigenvalue weighted by atomic mass is 10.1. The van der Waals surface area contributed by atoms with Crippen molar-refractivity contribution in [2.75, 3.05) is 0 Å². The normalized spacial score (nSPS) is 9.38. The molecule has 0 aliphatic carbocycles. The van der Waals surface area contributed by atoms with Crippen LogP contribution in [0.15, 0.2) is 23.3 Å². The predicted molar refractivity (Wildman–Crippen MR) is 60.5 cm³/mol. The molecule has 13 heavy (non-hydrogen) atoms. The second kappa shape index (κ2) is 5.27. The van der Waals surface area contributed by atoms with Crippen LogP contribution in [0.2, 0.25) is 0 Å². The minimum atomic E-state index is 0.697. The molecule has 0 radical (unpaired) electrons. The Balaban J connectivity index is 3.28. The van der Waals surface area contributed by atoms with Crippen molar-refractivity contribution in [2.45, 2.75) is 10.7 Å². The van der Waals surface area contributed by atoms with Crippen molar-refractivity contribution in [2.24, 2.45) is 5.11 Å². The zero-order valence-electron chi connectivity index (χ0n) is 6.74. The number of azide groups is 1. The molecule has 0 aliphatic heterocycles. The van der Waals surface area contributed by atoms with Crippen LogP contribution in [0.3, 0.4) is 0 Å². The molecule has 0 spiro atoms. The van der Waals surface area contributed by atoms with Gasteiger partial charge in [-0.25, -0.2) is 0 Å². The second-order valence-corrected chi connectivity index (χ2v) is 3.50. The van der Waals surface area contributed by atoms with Gasteiger partial charge in [-0.05, 0) is 16.7 Å². The molecule has 0 unspecified atom stereocenters. The summed E-state index contributed by atoms with van der Waals surface area (Å²) in [6, 6.07) is 5.82. The average Bonchev–Trinajstić information content (AvgIpc) is 2.18. The summed E-state index contributed by atoms with van der Waals surface area (Å²) in [4.78, 5) is 2.81. The SMILES string of the molecule is [N-]=[N+]=Nc1c(CBr)cccc1CBr. The summed E-state index contributed by atoms with van der Waals surface area (Å²) >= 11 is 6.69. The predicted octanol–water partition coefficient (Wildman–Crippen LogP) is 4.42. The Morgan fingerprint density at radius 1 is 1.23 bits per heavy atom. The van der Waals surface area contributed by atoms with E-state index in [4.69, 9.17) is 5.53 Å². The van der Waals surface area contributed by atoms with Gasteiger partial charge in [0.2, 0.25) is 0 Å². The molecule has 1 aromatic rings.